The number of carbonyl (C=O) groups is 1. The van der Waals surface area contributed by atoms with E-state index in [4.69, 9.17) is 4.74 Å². The number of hydrogen-bond acceptors (Lipinski definition) is 4. The lowest BCUT2D eigenvalue weighted by atomic mass is 9.90. The highest BCUT2D eigenvalue weighted by molar-refractivity contribution is 5.86. The number of nitrogens with zero attached hydrogens (tertiary/aromatic N) is 2. The Morgan fingerprint density at radius 3 is 2.81 bits per heavy atom. The third-order valence-corrected chi connectivity index (χ3v) is 3.79. The second kappa shape index (κ2) is 4.84. The Morgan fingerprint density at radius 1 is 1.38 bits per heavy atom. The van der Waals surface area contributed by atoms with Crippen LogP contribution < -0.4 is 10.3 Å². The second-order valence-electron chi connectivity index (χ2n) is 5.24. The molecule has 0 radical (unpaired) electrons. The van der Waals surface area contributed by atoms with Gasteiger partial charge in [-0.1, -0.05) is 24.6 Å². The zero-order valence-corrected chi connectivity index (χ0v) is 12.3. The summed E-state index contributed by atoms with van der Waals surface area (Å²) in [7, 11) is 1.55. The summed E-state index contributed by atoms with van der Waals surface area (Å²) in [5, 5.41) is 3.96. The van der Waals surface area contributed by atoms with Crippen LogP contribution in [-0.2, 0) is 20.1 Å². The molecule has 2 aromatic rings. The Balaban J connectivity index is 2.45. The third kappa shape index (κ3) is 1.96. The quantitative estimate of drug-likeness (QED) is 0.792. The van der Waals surface area contributed by atoms with Crippen molar-refractivity contribution >= 4 is 6.29 Å². The number of rotatable bonds is 2. The number of carbonyl (C=O) groups excluding carboxylic acids is 1. The van der Waals surface area contributed by atoms with Crippen molar-refractivity contribution in [1.29, 1.82) is 0 Å². The first-order chi connectivity index (χ1) is 10.1. The van der Waals surface area contributed by atoms with Gasteiger partial charge in [0.25, 0.3) is 5.56 Å². The number of hydrogen-bond donors (Lipinski definition) is 0. The molecule has 0 unspecified atom stereocenters. The predicted molar refractivity (Wildman–Crippen MR) is 78.7 cm³/mol. The van der Waals surface area contributed by atoms with Gasteiger partial charge >= 0.3 is 0 Å². The molecule has 0 bridgehead atoms. The maximum Gasteiger partial charge on any atom is 0.278 e. The van der Waals surface area contributed by atoms with Gasteiger partial charge in [0.05, 0.1) is 5.56 Å². The number of ether oxygens (including phenoxy) is 1. The summed E-state index contributed by atoms with van der Waals surface area (Å²) in [6, 6.07) is 4.10. The summed E-state index contributed by atoms with van der Waals surface area (Å²) < 4.78 is 6.85. The molecule has 1 aromatic heterocycles. The van der Waals surface area contributed by atoms with Gasteiger partial charge in [0, 0.05) is 12.6 Å². The van der Waals surface area contributed by atoms with Crippen LogP contribution in [0.2, 0.25) is 0 Å². The van der Waals surface area contributed by atoms with Crippen LogP contribution in [0.4, 0.5) is 0 Å². The molecule has 1 aliphatic rings. The highest BCUT2D eigenvalue weighted by Crippen LogP contribution is 2.39. The molecule has 3 rings (SSSR count). The van der Waals surface area contributed by atoms with E-state index < -0.39 is 0 Å². The average molecular weight is 284 g/mol. The summed E-state index contributed by atoms with van der Waals surface area (Å²) in [4.78, 5) is 23.7. The fraction of sp³-hybridized carbons (Fsp3) is 0.312. The SMILES string of the molecule is CCc1cc(C)cc2c1-c1c(c(C=O)nn(C)c1=O)OC2. The lowest BCUT2D eigenvalue weighted by Crippen LogP contribution is -2.27. The zero-order chi connectivity index (χ0) is 15.1. The molecule has 21 heavy (non-hydrogen) atoms. The molecular weight excluding hydrogens is 268 g/mol. The van der Waals surface area contributed by atoms with E-state index in [2.05, 4.69) is 18.1 Å². The normalized spacial score (nSPS) is 12.3. The van der Waals surface area contributed by atoms with Crippen LogP contribution in [0.3, 0.4) is 0 Å². The summed E-state index contributed by atoms with van der Waals surface area (Å²) in [5.74, 6) is 0.305. The van der Waals surface area contributed by atoms with E-state index in [0.717, 1.165) is 28.7 Å². The molecule has 0 fully saturated rings. The van der Waals surface area contributed by atoms with E-state index in [1.54, 1.807) is 7.05 Å². The molecule has 0 spiro atoms. The van der Waals surface area contributed by atoms with Crippen LogP contribution >= 0.6 is 0 Å². The van der Waals surface area contributed by atoms with Gasteiger partial charge in [0.1, 0.15) is 6.61 Å². The number of benzene rings is 1. The van der Waals surface area contributed by atoms with Gasteiger partial charge < -0.3 is 4.74 Å². The van der Waals surface area contributed by atoms with Crippen LogP contribution in [0.15, 0.2) is 16.9 Å². The molecule has 0 amide bonds. The van der Waals surface area contributed by atoms with Gasteiger partial charge in [0.15, 0.2) is 17.7 Å². The van der Waals surface area contributed by atoms with Crippen molar-refractivity contribution in [2.75, 3.05) is 0 Å². The number of aryl methyl sites for hydroxylation is 3. The highest BCUT2D eigenvalue weighted by atomic mass is 16.5. The fourth-order valence-electron chi connectivity index (χ4n) is 2.89. The molecule has 0 aliphatic carbocycles. The van der Waals surface area contributed by atoms with Crippen molar-refractivity contribution in [2.24, 2.45) is 7.05 Å². The molecule has 5 heteroatoms. The summed E-state index contributed by atoms with van der Waals surface area (Å²) >= 11 is 0. The van der Waals surface area contributed by atoms with E-state index in [1.165, 1.54) is 4.68 Å². The fourth-order valence-corrected chi connectivity index (χ4v) is 2.89. The van der Waals surface area contributed by atoms with Crippen LogP contribution in [-0.4, -0.2) is 16.1 Å². The molecule has 0 saturated heterocycles. The highest BCUT2D eigenvalue weighted by Gasteiger charge is 2.27. The number of aldehydes is 1. The van der Waals surface area contributed by atoms with Gasteiger partial charge in [-0.05, 0) is 24.5 Å². The van der Waals surface area contributed by atoms with Gasteiger partial charge in [-0.3, -0.25) is 9.59 Å². The summed E-state index contributed by atoms with van der Waals surface area (Å²) in [6.45, 7) is 4.43. The minimum absolute atomic E-state index is 0.167. The Hall–Kier alpha value is -2.43. The van der Waals surface area contributed by atoms with Gasteiger partial charge in [-0.15, -0.1) is 0 Å². The van der Waals surface area contributed by atoms with Crippen molar-refractivity contribution in [1.82, 2.24) is 9.78 Å². The monoisotopic (exact) mass is 284 g/mol. The van der Waals surface area contributed by atoms with E-state index in [-0.39, 0.29) is 11.3 Å². The Labute approximate surface area is 122 Å². The van der Waals surface area contributed by atoms with Crippen molar-refractivity contribution in [3.63, 3.8) is 0 Å². The zero-order valence-electron chi connectivity index (χ0n) is 12.3. The van der Waals surface area contributed by atoms with Gasteiger partial charge in [-0.25, -0.2) is 4.68 Å². The molecule has 1 aliphatic heterocycles. The van der Waals surface area contributed by atoms with Crippen LogP contribution in [0.1, 0.15) is 34.1 Å². The van der Waals surface area contributed by atoms with Crippen LogP contribution in [0, 0.1) is 6.92 Å². The summed E-state index contributed by atoms with van der Waals surface area (Å²) in [5.41, 5.74) is 4.49. The van der Waals surface area contributed by atoms with E-state index in [1.807, 2.05) is 13.0 Å². The van der Waals surface area contributed by atoms with Crippen molar-refractivity contribution in [3.8, 4) is 16.9 Å². The molecule has 5 nitrogen and oxygen atoms in total. The van der Waals surface area contributed by atoms with Crippen LogP contribution in [0.5, 0.6) is 5.75 Å². The molecule has 0 N–H and O–H groups in total. The molecule has 2 heterocycles. The number of fused-ring (bicyclic) bond motifs is 3. The van der Waals surface area contributed by atoms with Crippen molar-refractivity contribution in [3.05, 3.63) is 44.9 Å². The Morgan fingerprint density at radius 2 is 2.14 bits per heavy atom. The van der Waals surface area contributed by atoms with Crippen LogP contribution in [0.25, 0.3) is 11.1 Å². The van der Waals surface area contributed by atoms with Gasteiger partial charge in [0.2, 0.25) is 0 Å². The maximum atomic E-state index is 12.5. The molecule has 0 saturated carbocycles. The second-order valence-corrected chi connectivity index (χ2v) is 5.24. The first kappa shape index (κ1) is 13.5. The van der Waals surface area contributed by atoms with Gasteiger partial charge in [-0.2, -0.15) is 5.10 Å². The summed E-state index contributed by atoms with van der Waals surface area (Å²) in [6.07, 6.45) is 1.44. The molecular formula is C16H16N2O3. The Bertz CT molecular complexity index is 789. The minimum atomic E-state index is -0.241. The maximum absolute atomic E-state index is 12.5. The third-order valence-electron chi connectivity index (χ3n) is 3.79. The molecule has 1 aromatic carbocycles. The smallest absolute Gasteiger partial charge is 0.278 e. The standard InChI is InChI=1S/C16H16N2O3/c1-4-10-5-9(2)6-11-8-21-15-12(7-19)17-18(3)16(20)14(15)13(10)11/h5-7H,4,8H2,1-3H3. The van der Waals surface area contributed by atoms with E-state index >= 15 is 0 Å². The van der Waals surface area contributed by atoms with Crippen molar-refractivity contribution in [2.45, 2.75) is 26.9 Å². The Kier molecular flexibility index (Phi) is 3.12. The van der Waals surface area contributed by atoms with Crippen molar-refractivity contribution < 1.29 is 9.53 Å². The largest absolute Gasteiger partial charge is 0.486 e. The number of aromatic nitrogens is 2. The predicted octanol–water partition coefficient (Wildman–Crippen LogP) is 2.02. The minimum Gasteiger partial charge on any atom is -0.486 e. The molecule has 0 atom stereocenters. The average Bonchev–Trinajstić information content (AvgIpc) is 2.49. The van der Waals surface area contributed by atoms with E-state index in [9.17, 15) is 9.59 Å². The lowest BCUT2D eigenvalue weighted by Gasteiger charge is -2.24. The first-order valence-corrected chi connectivity index (χ1v) is 6.88. The van der Waals surface area contributed by atoms with E-state index in [0.29, 0.717) is 24.2 Å². The first-order valence-electron chi connectivity index (χ1n) is 6.88. The topological polar surface area (TPSA) is 61.2 Å². The molecule has 108 valence electrons. The lowest BCUT2D eigenvalue weighted by molar-refractivity contribution is 0.111.